The third-order valence-corrected chi connectivity index (χ3v) is 8.00. The first-order valence-corrected chi connectivity index (χ1v) is 12.5. The second kappa shape index (κ2) is 7.98. The summed E-state index contributed by atoms with van der Waals surface area (Å²) in [5.74, 6) is 0. The molecule has 0 saturated carbocycles. The Morgan fingerprint density at radius 1 is 0.833 bits per heavy atom. The molecule has 1 heterocycles. The molecular formula is C22H13Cl3O3S2. The molecule has 0 amide bonds. The Hall–Kier alpha value is -1.89. The molecule has 0 fully saturated rings. The molecule has 4 rings (SSSR count). The monoisotopic (exact) mass is 494 g/mol. The predicted molar refractivity (Wildman–Crippen MR) is 127 cm³/mol. The normalized spacial score (nSPS) is 11.7. The summed E-state index contributed by atoms with van der Waals surface area (Å²) in [5.41, 5.74) is 1.38. The van der Waals surface area contributed by atoms with Crippen LogP contribution in [0.4, 0.5) is 0 Å². The highest BCUT2D eigenvalue weighted by atomic mass is 35.5. The molecule has 0 saturated heterocycles. The van der Waals surface area contributed by atoms with Crippen molar-refractivity contribution in [2.75, 3.05) is 6.26 Å². The summed E-state index contributed by atoms with van der Waals surface area (Å²) in [6.45, 7) is 0. The first kappa shape index (κ1) is 21.3. The average Bonchev–Trinajstić information content (AvgIpc) is 2.70. The van der Waals surface area contributed by atoms with Crippen molar-refractivity contribution in [2.45, 2.75) is 4.90 Å². The van der Waals surface area contributed by atoms with Gasteiger partial charge in [0.15, 0.2) is 15.3 Å². The summed E-state index contributed by atoms with van der Waals surface area (Å²) >= 11 is 20.2. The van der Waals surface area contributed by atoms with Crippen LogP contribution >= 0.6 is 46.1 Å². The van der Waals surface area contributed by atoms with Gasteiger partial charge in [-0.25, -0.2) is 8.42 Å². The zero-order valence-corrected chi connectivity index (χ0v) is 19.3. The lowest BCUT2D eigenvalue weighted by atomic mass is 10.00. The number of benzene rings is 3. The maximum atomic E-state index is 13.5. The molecule has 3 nitrogen and oxygen atoms in total. The van der Waals surface area contributed by atoms with Gasteiger partial charge in [0.25, 0.3) is 0 Å². The van der Waals surface area contributed by atoms with E-state index < -0.39 is 9.84 Å². The number of halogens is 3. The standard InChI is InChI=1S/C22H13Cl3O3S2/c1-30(27,28)13-8-6-12(7-9-13)22-20(15-10-17(24)18(25)11-16(15)23)21(26)14-4-2-3-5-19(14)29-22/h2-11H,1H3. The summed E-state index contributed by atoms with van der Waals surface area (Å²) < 4.78 is 24.4. The van der Waals surface area contributed by atoms with Gasteiger partial charge in [-0.1, -0.05) is 59.1 Å². The maximum Gasteiger partial charge on any atom is 0.196 e. The molecule has 0 aliphatic heterocycles. The van der Waals surface area contributed by atoms with E-state index in [0.717, 1.165) is 11.0 Å². The second-order valence-corrected chi connectivity index (χ2v) is 11.0. The van der Waals surface area contributed by atoms with Gasteiger partial charge in [-0.05, 0) is 42.0 Å². The van der Waals surface area contributed by atoms with Crippen LogP contribution in [0.25, 0.3) is 31.7 Å². The number of rotatable bonds is 3. The van der Waals surface area contributed by atoms with Gasteiger partial charge in [0, 0.05) is 32.3 Å². The van der Waals surface area contributed by atoms with Gasteiger partial charge in [-0.3, -0.25) is 4.79 Å². The molecule has 30 heavy (non-hydrogen) atoms. The molecule has 3 aromatic carbocycles. The molecule has 0 aliphatic carbocycles. The molecule has 0 aliphatic rings. The Morgan fingerprint density at radius 3 is 2.13 bits per heavy atom. The summed E-state index contributed by atoms with van der Waals surface area (Å²) in [6.07, 6.45) is 1.15. The quantitative estimate of drug-likeness (QED) is 0.289. The fraction of sp³-hybridized carbons (Fsp3) is 0.0455. The van der Waals surface area contributed by atoms with Crippen molar-refractivity contribution in [3.05, 3.63) is 86.0 Å². The summed E-state index contributed by atoms with van der Waals surface area (Å²) in [7, 11) is -3.34. The third kappa shape index (κ3) is 3.88. The van der Waals surface area contributed by atoms with Crippen molar-refractivity contribution in [3.8, 4) is 21.6 Å². The third-order valence-electron chi connectivity index (χ3n) is 4.62. The highest BCUT2D eigenvalue weighted by molar-refractivity contribution is 7.90. The molecule has 0 unspecified atom stereocenters. The maximum absolute atomic E-state index is 13.5. The van der Waals surface area contributed by atoms with Crippen molar-refractivity contribution < 1.29 is 8.42 Å². The first-order valence-electron chi connectivity index (χ1n) is 8.68. The van der Waals surface area contributed by atoms with E-state index >= 15 is 0 Å². The molecule has 152 valence electrons. The fourth-order valence-corrected chi connectivity index (χ4v) is 5.63. The zero-order valence-electron chi connectivity index (χ0n) is 15.4. The number of hydrogen-bond acceptors (Lipinski definition) is 4. The SMILES string of the molecule is CS(=O)(=O)c1ccc(-c2sc3ccccc3c(=O)c2-c2cc(Cl)c(Cl)cc2Cl)cc1. The van der Waals surface area contributed by atoms with Crippen molar-refractivity contribution in [1.82, 2.24) is 0 Å². The van der Waals surface area contributed by atoms with E-state index in [4.69, 9.17) is 34.8 Å². The van der Waals surface area contributed by atoms with Crippen molar-refractivity contribution in [3.63, 3.8) is 0 Å². The van der Waals surface area contributed by atoms with Gasteiger partial charge >= 0.3 is 0 Å². The van der Waals surface area contributed by atoms with Gasteiger partial charge in [-0.15, -0.1) is 11.3 Å². The minimum Gasteiger partial charge on any atom is -0.288 e. The van der Waals surface area contributed by atoms with Crippen LogP contribution in [0.1, 0.15) is 0 Å². The molecule has 4 aromatic rings. The van der Waals surface area contributed by atoms with E-state index in [2.05, 4.69) is 0 Å². The number of sulfone groups is 1. The van der Waals surface area contributed by atoms with Crippen LogP contribution in [0.15, 0.2) is 70.4 Å². The highest BCUT2D eigenvalue weighted by Crippen LogP contribution is 2.41. The Morgan fingerprint density at radius 2 is 1.47 bits per heavy atom. The highest BCUT2D eigenvalue weighted by Gasteiger charge is 2.20. The smallest absolute Gasteiger partial charge is 0.196 e. The molecule has 0 spiro atoms. The van der Waals surface area contributed by atoms with Crippen LogP contribution in [0.5, 0.6) is 0 Å². The van der Waals surface area contributed by atoms with E-state index in [-0.39, 0.29) is 15.3 Å². The Kier molecular flexibility index (Phi) is 5.68. The summed E-state index contributed by atoms with van der Waals surface area (Å²) in [5, 5.41) is 1.45. The number of hydrogen-bond donors (Lipinski definition) is 0. The summed E-state index contributed by atoms with van der Waals surface area (Å²) in [4.78, 5) is 14.3. The minimum absolute atomic E-state index is 0.188. The van der Waals surface area contributed by atoms with Gasteiger partial charge in [-0.2, -0.15) is 0 Å². The van der Waals surface area contributed by atoms with Crippen LogP contribution in [-0.2, 0) is 9.84 Å². The van der Waals surface area contributed by atoms with Crippen LogP contribution in [0, 0.1) is 0 Å². The van der Waals surface area contributed by atoms with E-state index in [1.54, 1.807) is 30.3 Å². The molecule has 1 aromatic heterocycles. The predicted octanol–water partition coefficient (Wildman–Crippen LogP) is 6.96. The minimum atomic E-state index is -3.34. The lowest BCUT2D eigenvalue weighted by molar-refractivity contribution is 0.602. The van der Waals surface area contributed by atoms with Crippen LogP contribution in [-0.4, -0.2) is 14.7 Å². The molecular weight excluding hydrogens is 483 g/mol. The van der Waals surface area contributed by atoms with Gasteiger partial charge in [0.2, 0.25) is 0 Å². The van der Waals surface area contributed by atoms with Gasteiger partial charge < -0.3 is 0 Å². The van der Waals surface area contributed by atoms with E-state index in [1.165, 1.54) is 29.5 Å². The summed E-state index contributed by atoms with van der Waals surface area (Å²) in [6, 6.07) is 16.8. The lowest BCUT2D eigenvalue weighted by Crippen LogP contribution is -2.07. The van der Waals surface area contributed by atoms with E-state index in [1.807, 2.05) is 12.1 Å². The van der Waals surface area contributed by atoms with Crippen molar-refractivity contribution in [1.29, 1.82) is 0 Å². The Bertz CT molecular complexity index is 1460. The molecule has 0 radical (unpaired) electrons. The van der Waals surface area contributed by atoms with Gasteiger partial charge in [0.05, 0.1) is 20.0 Å². The largest absolute Gasteiger partial charge is 0.288 e. The Labute approximate surface area is 192 Å². The van der Waals surface area contributed by atoms with E-state index in [9.17, 15) is 13.2 Å². The molecule has 0 N–H and O–H groups in total. The average molecular weight is 496 g/mol. The zero-order chi connectivity index (χ0) is 21.6. The van der Waals surface area contributed by atoms with Crippen LogP contribution < -0.4 is 5.43 Å². The fourth-order valence-electron chi connectivity index (χ4n) is 3.16. The van der Waals surface area contributed by atoms with Gasteiger partial charge in [0.1, 0.15) is 0 Å². The second-order valence-electron chi connectivity index (χ2n) is 6.67. The molecule has 0 atom stereocenters. The van der Waals surface area contributed by atoms with E-state index in [0.29, 0.717) is 37.0 Å². The lowest BCUT2D eigenvalue weighted by Gasteiger charge is -2.13. The van der Waals surface area contributed by atoms with Crippen LogP contribution in [0.2, 0.25) is 15.1 Å². The number of fused-ring (bicyclic) bond motifs is 1. The van der Waals surface area contributed by atoms with Crippen molar-refractivity contribution in [2.24, 2.45) is 0 Å². The topological polar surface area (TPSA) is 51.2 Å². The van der Waals surface area contributed by atoms with Crippen LogP contribution in [0.3, 0.4) is 0 Å². The molecule has 0 bridgehead atoms. The van der Waals surface area contributed by atoms with Crippen molar-refractivity contribution >= 4 is 66.1 Å². The molecule has 8 heteroatoms. The Balaban J connectivity index is 2.08. The first-order chi connectivity index (χ1) is 14.2.